The molecule has 3 fully saturated rings. The number of fused-ring (bicyclic) bond motifs is 1. The summed E-state index contributed by atoms with van der Waals surface area (Å²) in [7, 11) is 0. The molecule has 2 saturated heterocycles. The van der Waals surface area contributed by atoms with Gasteiger partial charge in [0.1, 0.15) is 0 Å². The summed E-state index contributed by atoms with van der Waals surface area (Å²) in [6, 6.07) is 0. The van der Waals surface area contributed by atoms with Gasteiger partial charge in [-0.05, 0) is 25.3 Å². The molecule has 5 heteroatoms. The lowest BCUT2D eigenvalue weighted by atomic mass is 9.99. The molecule has 0 spiro atoms. The Morgan fingerprint density at radius 2 is 2.12 bits per heavy atom. The summed E-state index contributed by atoms with van der Waals surface area (Å²) in [5, 5.41) is 3.15. The van der Waals surface area contributed by atoms with Crippen molar-refractivity contribution >= 4 is 5.91 Å². The van der Waals surface area contributed by atoms with Gasteiger partial charge in [0.25, 0.3) is 5.92 Å². The van der Waals surface area contributed by atoms with Crippen LogP contribution in [0.2, 0.25) is 0 Å². The van der Waals surface area contributed by atoms with E-state index in [4.69, 9.17) is 0 Å². The Kier molecular flexibility index (Phi) is 2.61. The van der Waals surface area contributed by atoms with E-state index >= 15 is 0 Å². The summed E-state index contributed by atoms with van der Waals surface area (Å²) >= 11 is 0. The van der Waals surface area contributed by atoms with Crippen molar-refractivity contribution in [3.8, 4) is 0 Å². The van der Waals surface area contributed by atoms with Crippen molar-refractivity contribution in [2.45, 2.75) is 25.2 Å². The van der Waals surface area contributed by atoms with Gasteiger partial charge >= 0.3 is 0 Å². The van der Waals surface area contributed by atoms with Crippen LogP contribution in [0.15, 0.2) is 0 Å². The van der Waals surface area contributed by atoms with E-state index < -0.39 is 11.8 Å². The van der Waals surface area contributed by atoms with Gasteiger partial charge < -0.3 is 10.2 Å². The van der Waals surface area contributed by atoms with Crippen LogP contribution in [0.5, 0.6) is 0 Å². The molecule has 0 radical (unpaired) electrons. The molecule has 1 aliphatic carbocycles. The average Bonchev–Trinajstić information content (AvgIpc) is 2.97. The highest BCUT2D eigenvalue weighted by molar-refractivity contribution is 5.79. The minimum absolute atomic E-state index is 0.00927. The first kappa shape index (κ1) is 11.4. The predicted molar refractivity (Wildman–Crippen MR) is 58.7 cm³/mol. The maximum Gasteiger partial charge on any atom is 0.252 e. The summed E-state index contributed by atoms with van der Waals surface area (Å²) in [5.74, 6) is -3.00. The van der Waals surface area contributed by atoms with Crippen molar-refractivity contribution in [1.29, 1.82) is 0 Å². The lowest BCUT2D eigenvalue weighted by Gasteiger charge is -2.22. The first-order chi connectivity index (χ1) is 8.08. The molecule has 0 unspecified atom stereocenters. The van der Waals surface area contributed by atoms with Gasteiger partial charge in [-0.25, -0.2) is 8.78 Å². The lowest BCUT2D eigenvalue weighted by Crippen LogP contribution is -2.37. The van der Waals surface area contributed by atoms with Crippen molar-refractivity contribution in [3.63, 3.8) is 0 Å². The van der Waals surface area contributed by atoms with Crippen molar-refractivity contribution in [1.82, 2.24) is 10.2 Å². The standard InChI is InChI=1S/C12H18F2N2O/c13-12(14)3-1-9-6-16(7-10(9)12)11(17)8-2-4-15-5-8/h8-10,15H,1-7H2/t8-,9+,10-/m1/s1. The second-order valence-electron chi connectivity index (χ2n) is 5.60. The second kappa shape index (κ2) is 3.90. The Morgan fingerprint density at radius 3 is 2.76 bits per heavy atom. The van der Waals surface area contributed by atoms with E-state index in [1.807, 2.05) is 0 Å². The van der Waals surface area contributed by atoms with Gasteiger partial charge in [0.05, 0.1) is 5.92 Å². The van der Waals surface area contributed by atoms with Crippen LogP contribution in [-0.2, 0) is 4.79 Å². The first-order valence-corrected chi connectivity index (χ1v) is 6.45. The number of carbonyl (C=O) groups is 1. The van der Waals surface area contributed by atoms with Gasteiger partial charge in [-0.15, -0.1) is 0 Å². The summed E-state index contributed by atoms with van der Waals surface area (Å²) in [5.41, 5.74) is 0. The van der Waals surface area contributed by atoms with E-state index in [0.29, 0.717) is 19.5 Å². The fourth-order valence-corrected chi connectivity index (χ4v) is 3.51. The van der Waals surface area contributed by atoms with Crippen molar-refractivity contribution in [3.05, 3.63) is 0 Å². The van der Waals surface area contributed by atoms with Gasteiger partial charge in [0.2, 0.25) is 5.91 Å². The van der Waals surface area contributed by atoms with Gasteiger partial charge in [0.15, 0.2) is 0 Å². The van der Waals surface area contributed by atoms with Gasteiger partial charge in [-0.2, -0.15) is 0 Å². The summed E-state index contributed by atoms with van der Waals surface area (Å²) in [6.45, 7) is 2.40. The highest BCUT2D eigenvalue weighted by Crippen LogP contribution is 2.48. The minimum atomic E-state index is -2.55. The quantitative estimate of drug-likeness (QED) is 0.749. The van der Waals surface area contributed by atoms with Crippen LogP contribution in [0, 0.1) is 17.8 Å². The molecule has 3 aliphatic rings. The van der Waals surface area contributed by atoms with E-state index in [-0.39, 0.29) is 30.7 Å². The molecule has 96 valence electrons. The molecule has 0 aromatic rings. The fourth-order valence-electron chi connectivity index (χ4n) is 3.51. The van der Waals surface area contributed by atoms with Crippen LogP contribution < -0.4 is 5.32 Å². The lowest BCUT2D eigenvalue weighted by molar-refractivity contribution is -0.134. The average molecular weight is 244 g/mol. The van der Waals surface area contributed by atoms with E-state index in [9.17, 15) is 13.6 Å². The van der Waals surface area contributed by atoms with Crippen LogP contribution in [-0.4, -0.2) is 42.9 Å². The molecule has 1 saturated carbocycles. The Labute approximate surface area is 99.5 Å². The zero-order valence-corrected chi connectivity index (χ0v) is 9.79. The summed E-state index contributed by atoms with van der Waals surface area (Å²) in [6.07, 6.45) is 1.43. The zero-order chi connectivity index (χ0) is 12.0. The number of likely N-dealkylation sites (tertiary alicyclic amines) is 1. The van der Waals surface area contributed by atoms with Gasteiger partial charge in [0, 0.05) is 32.0 Å². The monoisotopic (exact) mass is 244 g/mol. The molecular formula is C12H18F2N2O. The Bertz CT molecular complexity index is 328. The van der Waals surface area contributed by atoms with E-state index in [0.717, 1.165) is 13.0 Å². The van der Waals surface area contributed by atoms with Crippen molar-refractivity contribution in [2.24, 2.45) is 17.8 Å². The molecule has 17 heavy (non-hydrogen) atoms. The van der Waals surface area contributed by atoms with Crippen LogP contribution >= 0.6 is 0 Å². The Balaban J connectivity index is 1.66. The largest absolute Gasteiger partial charge is 0.342 e. The summed E-state index contributed by atoms with van der Waals surface area (Å²) in [4.78, 5) is 13.8. The molecule has 3 nitrogen and oxygen atoms in total. The number of nitrogens with zero attached hydrogens (tertiary/aromatic N) is 1. The molecule has 2 aliphatic heterocycles. The molecule has 1 amide bonds. The highest BCUT2D eigenvalue weighted by atomic mass is 19.3. The predicted octanol–water partition coefficient (Wildman–Crippen LogP) is 1.10. The molecule has 1 N–H and O–H groups in total. The number of hydrogen-bond acceptors (Lipinski definition) is 2. The topological polar surface area (TPSA) is 32.3 Å². The maximum absolute atomic E-state index is 13.6. The minimum Gasteiger partial charge on any atom is -0.342 e. The normalized spacial score (nSPS) is 39.6. The molecule has 0 aromatic carbocycles. The van der Waals surface area contributed by atoms with E-state index in [1.54, 1.807) is 4.90 Å². The second-order valence-corrected chi connectivity index (χ2v) is 5.60. The third-order valence-corrected chi connectivity index (χ3v) is 4.55. The Hall–Kier alpha value is -0.710. The Morgan fingerprint density at radius 1 is 1.29 bits per heavy atom. The number of nitrogens with one attached hydrogen (secondary N) is 1. The van der Waals surface area contributed by atoms with Crippen LogP contribution in [0.3, 0.4) is 0 Å². The molecule has 0 aromatic heterocycles. The fraction of sp³-hybridized carbons (Fsp3) is 0.917. The third-order valence-electron chi connectivity index (χ3n) is 4.55. The van der Waals surface area contributed by atoms with Crippen molar-refractivity contribution < 1.29 is 13.6 Å². The molecule has 3 rings (SSSR count). The van der Waals surface area contributed by atoms with Gasteiger partial charge in [-0.3, -0.25) is 4.79 Å². The molecule has 3 atom stereocenters. The first-order valence-electron chi connectivity index (χ1n) is 6.45. The van der Waals surface area contributed by atoms with Gasteiger partial charge in [-0.1, -0.05) is 0 Å². The SMILES string of the molecule is O=C([C@@H]1CCNC1)N1C[C@@H]2CCC(F)(F)[C@@H]2C1. The number of rotatable bonds is 1. The van der Waals surface area contributed by atoms with Crippen LogP contribution in [0.25, 0.3) is 0 Å². The number of hydrogen-bond donors (Lipinski definition) is 1. The molecular weight excluding hydrogens is 226 g/mol. The number of amides is 1. The number of halogens is 2. The van der Waals surface area contributed by atoms with Crippen LogP contribution in [0.1, 0.15) is 19.3 Å². The molecule has 2 heterocycles. The molecule has 0 bridgehead atoms. The number of carbonyl (C=O) groups excluding carboxylic acids is 1. The van der Waals surface area contributed by atoms with E-state index in [2.05, 4.69) is 5.32 Å². The smallest absolute Gasteiger partial charge is 0.252 e. The van der Waals surface area contributed by atoms with E-state index in [1.165, 1.54) is 0 Å². The van der Waals surface area contributed by atoms with Crippen LogP contribution in [0.4, 0.5) is 8.78 Å². The zero-order valence-electron chi connectivity index (χ0n) is 9.79. The van der Waals surface area contributed by atoms with Crippen molar-refractivity contribution in [2.75, 3.05) is 26.2 Å². The highest BCUT2D eigenvalue weighted by Gasteiger charge is 2.54. The third kappa shape index (κ3) is 1.84. The maximum atomic E-state index is 13.6. The summed E-state index contributed by atoms with van der Waals surface area (Å²) < 4.78 is 27.1. The number of alkyl halides is 2.